The molecule has 0 spiro atoms. The third kappa shape index (κ3) is 3.67. The third-order valence-corrected chi connectivity index (χ3v) is 6.34. The molecule has 138 valence electrons. The summed E-state index contributed by atoms with van der Waals surface area (Å²) in [6, 6.07) is 13.9. The van der Waals surface area contributed by atoms with Gasteiger partial charge in [0, 0.05) is 17.7 Å². The topological polar surface area (TPSA) is 75.7 Å². The lowest BCUT2D eigenvalue weighted by Crippen LogP contribution is -2.27. The van der Waals surface area contributed by atoms with Crippen molar-refractivity contribution in [3.63, 3.8) is 0 Å². The molecule has 1 fully saturated rings. The normalized spacial score (nSPS) is 16.9. The van der Waals surface area contributed by atoms with Gasteiger partial charge in [-0.1, -0.05) is 18.2 Å². The lowest BCUT2D eigenvalue weighted by atomic mass is 10.1. The second-order valence-corrected chi connectivity index (χ2v) is 8.24. The Labute approximate surface area is 153 Å². The first-order valence-electron chi connectivity index (χ1n) is 8.46. The van der Waals surface area contributed by atoms with E-state index >= 15 is 0 Å². The molecular formula is C19H22N2O4S. The van der Waals surface area contributed by atoms with E-state index in [4.69, 9.17) is 4.74 Å². The van der Waals surface area contributed by atoms with Crippen molar-refractivity contribution in [1.29, 1.82) is 0 Å². The van der Waals surface area contributed by atoms with Crippen molar-refractivity contribution >= 4 is 21.6 Å². The molecule has 2 aromatic rings. The maximum absolute atomic E-state index is 12.5. The highest BCUT2D eigenvalue weighted by Gasteiger charge is 2.28. The quantitative estimate of drug-likeness (QED) is 0.873. The van der Waals surface area contributed by atoms with Gasteiger partial charge in [0.2, 0.25) is 10.0 Å². The van der Waals surface area contributed by atoms with Gasteiger partial charge >= 0.3 is 0 Å². The van der Waals surface area contributed by atoms with Crippen molar-refractivity contribution < 1.29 is 17.9 Å². The molecule has 0 aromatic heterocycles. The summed E-state index contributed by atoms with van der Waals surface area (Å²) in [5, 5.41) is 2.94. The molecule has 0 aliphatic carbocycles. The molecule has 0 radical (unpaired) electrons. The standard InChI is InChI=1S/C19H22N2O4S/c1-14(17-6-3-4-7-18(17)25-2)20-19(22)15-8-10-16(11-9-15)21-12-5-13-26(21,23)24/h3-4,6-11,14H,5,12-13H2,1-2H3,(H,20,22)/t14-/m1/s1. The van der Waals surface area contributed by atoms with Gasteiger partial charge in [-0.05, 0) is 43.7 Å². The number of ether oxygens (including phenoxy) is 1. The van der Waals surface area contributed by atoms with Gasteiger partial charge in [-0.2, -0.15) is 0 Å². The average Bonchev–Trinajstić information content (AvgIpc) is 3.00. The number of nitrogens with one attached hydrogen (secondary N) is 1. The van der Waals surface area contributed by atoms with E-state index < -0.39 is 10.0 Å². The number of amides is 1. The molecule has 1 aliphatic heterocycles. The van der Waals surface area contributed by atoms with Crippen molar-refractivity contribution in [1.82, 2.24) is 5.32 Å². The molecule has 1 saturated heterocycles. The second kappa shape index (κ2) is 7.37. The number of hydrogen-bond acceptors (Lipinski definition) is 4. The Morgan fingerprint density at radius 3 is 2.46 bits per heavy atom. The highest BCUT2D eigenvalue weighted by atomic mass is 32.2. The van der Waals surface area contributed by atoms with Crippen LogP contribution in [0.5, 0.6) is 5.75 Å². The highest BCUT2D eigenvalue weighted by Crippen LogP contribution is 2.26. The summed E-state index contributed by atoms with van der Waals surface area (Å²) < 4.78 is 30.7. The van der Waals surface area contributed by atoms with E-state index in [9.17, 15) is 13.2 Å². The van der Waals surface area contributed by atoms with Crippen molar-refractivity contribution in [2.24, 2.45) is 0 Å². The van der Waals surface area contributed by atoms with Crippen LogP contribution >= 0.6 is 0 Å². The number of carbonyl (C=O) groups is 1. The van der Waals surface area contributed by atoms with E-state index in [1.807, 2.05) is 31.2 Å². The summed E-state index contributed by atoms with van der Waals surface area (Å²) in [5.41, 5.74) is 1.96. The van der Waals surface area contributed by atoms with Crippen molar-refractivity contribution in [2.75, 3.05) is 23.7 Å². The summed E-state index contributed by atoms with van der Waals surface area (Å²) in [6.45, 7) is 2.37. The van der Waals surface area contributed by atoms with Gasteiger partial charge in [0.15, 0.2) is 0 Å². The van der Waals surface area contributed by atoms with Crippen LogP contribution in [0.4, 0.5) is 5.69 Å². The van der Waals surface area contributed by atoms with E-state index in [2.05, 4.69) is 5.32 Å². The number of hydrogen-bond donors (Lipinski definition) is 1. The molecule has 1 aliphatic rings. The molecule has 2 aromatic carbocycles. The van der Waals surface area contributed by atoms with Gasteiger partial charge < -0.3 is 10.1 Å². The lowest BCUT2D eigenvalue weighted by molar-refractivity contribution is 0.0939. The molecule has 0 saturated carbocycles. The van der Waals surface area contributed by atoms with Crippen LogP contribution in [0.3, 0.4) is 0 Å². The van der Waals surface area contributed by atoms with E-state index in [-0.39, 0.29) is 17.7 Å². The fraction of sp³-hybridized carbons (Fsp3) is 0.316. The van der Waals surface area contributed by atoms with Crippen molar-refractivity contribution in [3.8, 4) is 5.75 Å². The Hall–Kier alpha value is -2.54. The van der Waals surface area contributed by atoms with Gasteiger partial charge in [-0.25, -0.2) is 8.42 Å². The number of para-hydroxylation sites is 1. The molecule has 1 atom stereocenters. The SMILES string of the molecule is COc1ccccc1[C@@H](C)NC(=O)c1ccc(N2CCCS2(=O)=O)cc1. The Morgan fingerprint density at radius 1 is 1.15 bits per heavy atom. The van der Waals surface area contributed by atoms with Gasteiger partial charge in [0.05, 0.1) is 24.6 Å². The predicted octanol–water partition coefficient (Wildman–Crippen LogP) is 2.73. The van der Waals surface area contributed by atoms with Gasteiger partial charge in [-0.15, -0.1) is 0 Å². The molecule has 0 bridgehead atoms. The van der Waals surface area contributed by atoms with Crippen LogP contribution in [-0.4, -0.2) is 33.7 Å². The number of sulfonamides is 1. The fourth-order valence-corrected chi connectivity index (χ4v) is 4.65. The zero-order valence-corrected chi connectivity index (χ0v) is 15.6. The minimum absolute atomic E-state index is 0.172. The van der Waals surface area contributed by atoms with Gasteiger partial charge in [0.1, 0.15) is 5.75 Å². The summed E-state index contributed by atoms with van der Waals surface area (Å²) >= 11 is 0. The molecule has 0 unspecified atom stereocenters. The summed E-state index contributed by atoms with van der Waals surface area (Å²) in [6.07, 6.45) is 0.626. The largest absolute Gasteiger partial charge is 0.496 e. The minimum atomic E-state index is -3.22. The number of benzene rings is 2. The number of methoxy groups -OCH3 is 1. The van der Waals surface area contributed by atoms with Crippen LogP contribution < -0.4 is 14.4 Å². The van der Waals surface area contributed by atoms with Crippen LogP contribution in [0.25, 0.3) is 0 Å². The maximum atomic E-state index is 12.5. The highest BCUT2D eigenvalue weighted by molar-refractivity contribution is 7.93. The molecule has 26 heavy (non-hydrogen) atoms. The predicted molar refractivity (Wildman–Crippen MR) is 101 cm³/mol. The Bertz CT molecular complexity index is 894. The van der Waals surface area contributed by atoms with E-state index in [0.29, 0.717) is 24.2 Å². The minimum Gasteiger partial charge on any atom is -0.496 e. The van der Waals surface area contributed by atoms with Crippen LogP contribution in [0.15, 0.2) is 48.5 Å². The number of anilines is 1. The fourth-order valence-electron chi connectivity index (χ4n) is 3.09. The zero-order chi connectivity index (χ0) is 18.7. The molecule has 7 heteroatoms. The summed E-state index contributed by atoms with van der Waals surface area (Å²) in [4.78, 5) is 12.5. The van der Waals surface area contributed by atoms with Crippen LogP contribution in [0.2, 0.25) is 0 Å². The van der Waals surface area contributed by atoms with Gasteiger partial charge in [0.25, 0.3) is 5.91 Å². The van der Waals surface area contributed by atoms with Crippen molar-refractivity contribution in [3.05, 3.63) is 59.7 Å². The molecule has 3 rings (SSSR count). The monoisotopic (exact) mass is 374 g/mol. The molecular weight excluding hydrogens is 352 g/mol. The number of carbonyl (C=O) groups excluding carboxylic acids is 1. The number of nitrogens with zero attached hydrogens (tertiary/aromatic N) is 1. The van der Waals surface area contributed by atoms with E-state index in [1.54, 1.807) is 31.4 Å². The smallest absolute Gasteiger partial charge is 0.251 e. The Morgan fingerprint density at radius 2 is 1.85 bits per heavy atom. The molecule has 1 heterocycles. The first kappa shape index (κ1) is 18.3. The average molecular weight is 374 g/mol. The molecule has 6 nitrogen and oxygen atoms in total. The van der Waals surface area contributed by atoms with Crippen LogP contribution in [-0.2, 0) is 10.0 Å². The lowest BCUT2D eigenvalue weighted by Gasteiger charge is -2.18. The van der Waals surface area contributed by atoms with E-state index in [1.165, 1.54) is 4.31 Å². The first-order chi connectivity index (χ1) is 12.4. The summed E-state index contributed by atoms with van der Waals surface area (Å²) in [5.74, 6) is 0.667. The van der Waals surface area contributed by atoms with Crippen LogP contribution in [0.1, 0.15) is 35.3 Å². The maximum Gasteiger partial charge on any atom is 0.251 e. The van der Waals surface area contributed by atoms with Crippen molar-refractivity contribution in [2.45, 2.75) is 19.4 Å². The molecule has 1 N–H and O–H groups in total. The first-order valence-corrected chi connectivity index (χ1v) is 10.1. The summed E-state index contributed by atoms with van der Waals surface area (Å²) in [7, 11) is -1.62. The number of rotatable bonds is 5. The Kier molecular flexibility index (Phi) is 5.18. The van der Waals surface area contributed by atoms with Gasteiger partial charge in [-0.3, -0.25) is 9.10 Å². The van der Waals surface area contributed by atoms with Crippen LogP contribution in [0, 0.1) is 0 Å². The second-order valence-electron chi connectivity index (χ2n) is 6.23. The third-order valence-electron chi connectivity index (χ3n) is 4.47. The zero-order valence-electron chi connectivity index (χ0n) is 14.8. The Balaban J connectivity index is 1.72. The van der Waals surface area contributed by atoms with E-state index in [0.717, 1.165) is 11.3 Å². The molecule has 1 amide bonds.